The fraction of sp³-hybridized carbons (Fsp3) is 0.136. The van der Waals surface area contributed by atoms with E-state index in [0.717, 1.165) is 5.56 Å². The maximum atomic E-state index is 12.6. The van der Waals surface area contributed by atoms with Gasteiger partial charge in [0, 0.05) is 11.3 Å². The highest BCUT2D eigenvalue weighted by atomic mass is 32.2. The zero-order valence-electron chi connectivity index (χ0n) is 16.1. The molecular formula is C22H22N2O4S. The molecule has 0 bridgehead atoms. The average Bonchev–Trinajstić information content (AvgIpc) is 2.74. The number of sulfonamides is 1. The molecule has 0 aliphatic heterocycles. The topological polar surface area (TPSA) is 84.5 Å². The molecule has 0 aromatic heterocycles. The van der Waals surface area contributed by atoms with E-state index in [1.165, 1.54) is 25.3 Å². The van der Waals surface area contributed by atoms with Crippen molar-refractivity contribution in [1.29, 1.82) is 0 Å². The van der Waals surface area contributed by atoms with E-state index in [9.17, 15) is 13.2 Å². The molecule has 1 unspecified atom stereocenters. The van der Waals surface area contributed by atoms with Crippen LogP contribution in [0.25, 0.3) is 0 Å². The van der Waals surface area contributed by atoms with Crippen LogP contribution >= 0.6 is 0 Å². The SMILES string of the molecule is COc1ccc(S(=O)(=O)Nc2cccc(C(=O)NC(C)c3ccccc3)c2)cc1. The predicted octanol–water partition coefficient (Wildman–Crippen LogP) is 3.99. The van der Waals surface area contributed by atoms with Gasteiger partial charge in [0.25, 0.3) is 15.9 Å². The zero-order valence-corrected chi connectivity index (χ0v) is 16.9. The normalized spacial score (nSPS) is 12.1. The Hall–Kier alpha value is -3.32. The molecule has 0 heterocycles. The molecule has 150 valence electrons. The first-order valence-electron chi connectivity index (χ1n) is 9.02. The fourth-order valence-electron chi connectivity index (χ4n) is 2.80. The maximum Gasteiger partial charge on any atom is 0.261 e. The van der Waals surface area contributed by atoms with Crippen molar-refractivity contribution < 1.29 is 17.9 Å². The van der Waals surface area contributed by atoms with Crippen LogP contribution in [0, 0.1) is 0 Å². The van der Waals surface area contributed by atoms with E-state index in [2.05, 4.69) is 10.0 Å². The van der Waals surface area contributed by atoms with Gasteiger partial charge in [-0.1, -0.05) is 36.4 Å². The summed E-state index contributed by atoms with van der Waals surface area (Å²) >= 11 is 0. The molecule has 3 aromatic carbocycles. The van der Waals surface area contributed by atoms with Gasteiger partial charge in [0.2, 0.25) is 0 Å². The summed E-state index contributed by atoms with van der Waals surface area (Å²) in [7, 11) is -2.27. The van der Waals surface area contributed by atoms with Crippen molar-refractivity contribution in [1.82, 2.24) is 5.32 Å². The first-order valence-corrected chi connectivity index (χ1v) is 10.5. The third-order valence-corrected chi connectivity index (χ3v) is 5.79. The van der Waals surface area contributed by atoms with E-state index in [1.54, 1.807) is 30.3 Å². The second-order valence-corrected chi connectivity index (χ2v) is 8.15. The Morgan fingerprint density at radius 2 is 1.62 bits per heavy atom. The van der Waals surface area contributed by atoms with Crippen LogP contribution in [0.5, 0.6) is 5.75 Å². The number of carbonyl (C=O) groups is 1. The van der Waals surface area contributed by atoms with Crippen molar-refractivity contribution in [2.24, 2.45) is 0 Å². The summed E-state index contributed by atoms with van der Waals surface area (Å²) in [5.74, 6) is 0.280. The molecule has 0 radical (unpaired) electrons. The molecule has 7 heteroatoms. The number of carbonyl (C=O) groups excluding carboxylic acids is 1. The molecule has 0 spiro atoms. The molecule has 0 aliphatic carbocycles. The number of benzene rings is 3. The van der Waals surface area contributed by atoms with Gasteiger partial charge in [-0.2, -0.15) is 0 Å². The van der Waals surface area contributed by atoms with Crippen LogP contribution in [-0.4, -0.2) is 21.4 Å². The maximum absolute atomic E-state index is 12.6. The minimum atomic E-state index is -3.78. The molecule has 0 saturated carbocycles. The number of anilines is 1. The van der Waals surface area contributed by atoms with Crippen LogP contribution in [0.2, 0.25) is 0 Å². The quantitative estimate of drug-likeness (QED) is 0.617. The van der Waals surface area contributed by atoms with Gasteiger partial charge in [-0.05, 0) is 55.0 Å². The summed E-state index contributed by atoms with van der Waals surface area (Å²) < 4.78 is 32.7. The van der Waals surface area contributed by atoms with E-state index < -0.39 is 10.0 Å². The lowest BCUT2D eigenvalue weighted by Crippen LogP contribution is -2.26. The second-order valence-electron chi connectivity index (χ2n) is 6.47. The zero-order chi connectivity index (χ0) is 20.9. The van der Waals surface area contributed by atoms with Crippen molar-refractivity contribution in [3.63, 3.8) is 0 Å². The fourth-order valence-corrected chi connectivity index (χ4v) is 3.85. The Morgan fingerprint density at radius 3 is 2.28 bits per heavy atom. The van der Waals surface area contributed by atoms with Gasteiger partial charge in [0.15, 0.2) is 0 Å². The summed E-state index contributed by atoms with van der Waals surface area (Å²) in [4.78, 5) is 12.7. The Bertz CT molecular complexity index is 1080. The van der Waals surface area contributed by atoms with E-state index in [0.29, 0.717) is 17.0 Å². The standard InChI is InChI=1S/C22H22N2O4S/c1-16(17-7-4-3-5-8-17)23-22(25)18-9-6-10-19(15-18)24-29(26,27)21-13-11-20(28-2)12-14-21/h3-16,24H,1-2H3,(H,23,25). The van der Waals surface area contributed by atoms with Crippen molar-refractivity contribution in [2.45, 2.75) is 17.9 Å². The Labute approximate surface area is 170 Å². The highest BCUT2D eigenvalue weighted by Crippen LogP contribution is 2.20. The van der Waals surface area contributed by atoms with Crippen LogP contribution in [0.3, 0.4) is 0 Å². The summed E-state index contributed by atoms with van der Waals surface area (Å²) in [6.07, 6.45) is 0. The lowest BCUT2D eigenvalue weighted by Gasteiger charge is -2.15. The molecule has 3 aromatic rings. The highest BCUT2D eigenvalue weighted by molar-refractivity contribution is 7.92. The third kappa shape index (κ3) is 5.14. The van der Waals surface area contributed by atoms with Gasteiger partial charge >= 0.3 is 0 Å². The van der Waals surface area contributed by atoms with Crippen molar-refractivity contribution in [2.75, 3.05) is 11.8 Å². The van der Waals surface area contributed by atoms with Gasteiger partial charge in [0.05, 0.1) is 18.0 Å². The number of rotatable bonds is 7. The van der Waals surface area contributed by atoms with Gasteiger partial charge in [0.1, 0.15) is 5.75 Å². The number of hydrogen-bond acceptors (Lipinski definition) is 4. The number of hydrogen-bond donors (Lipinski definition) is 2. The summed E-state index contributed by atoms with van der Waals surface area (Å²) in [6.45, 7) is 1.89. The minimum Gasteiger partial charge on any atom is -0.497 e. The van der Waals surface area contributed by atoms with Crippen molar-refractivity contribution in [3.8, 4) is 5.75 Å². The van der Waals surface area contributed by atoms with E-state index >= 15 is 0 Å². The van der Waals surface area contributed by atoms with Crippen LogP contribution < -0.4 is 14.8 Å². The highest BCUT2D eigenvalue weighted by Gasteiger charge is 2.16. The Balaban J connectivity index is 1.73. The molecule has 6 nitrogen and oxygen atoms in total. The van der Waals surface area contributed by atoms with Crippen molar-refractivity contribution >= 4 is 21.6 Å². The second kappa shape index (κ2) is 8.79. The lowest BCUT2D eigenvalue weighted by atomic mass is 10.1. The molecule has 0 saturated heterocycles. The summed E-state index contributed by atoms with van der Waals surface area (Å²) in [5.41, 5.74) is 1.65. The lowest BCUT2D eigenvalue weighted by molar-refractivity contribution is 0.0940. The Kier molecular flexibility index (Phi) is 6.19. The number of amides is 1. The van der Waals surface area contributed by atoms with E-state index in [1.807, 2.05) is 37.3 Å². The minimum absolute atomic E-state index is 0.103. The van der Waals surface area contributed by atoms with Gasteiger partial charge in [-0.15, -0.1) is 0 Å². The first-order chi connectivity index (χ1) is 13.9. The van der Waals surface area contributed by atoms with Crippen LogP contribution in [0.1, 0.15) is 28.9 Å². The largest absolute Gasteiger partial charge is 0.497 e. The number of nitrogens with one attached hydrogen (secondary N) is 2. The molecule has 0 aliphatic rings. The molecule has 3 rings (SSSR count). The first kappa shape index (κ1) is 20.4. The van der Waals surface area contributed by atoms with Crippen LogP contribution in [0.15, 0.2) is 83.8 Å². The van der Waals surface area contributed by atoms with E-state index in [4.69, 9.17) is 4.74 Å². The smallest absolute Gasteiger partial charge is 0.261 e. The van der Waals surface area contributed by atoms with Gasteiger partial charge in [-0.25, -0.2) is 8.42 Å². The average molecular weight is 410 g/mol. The third-order valence-electron chi connectivity index (χ3n) is 4.39. The van der Waals surface area contributed by atoms with E-state index in [-0.39, 0.29) is 16.8 Å². The molecule has 2 N–H and O–H groups in total. The van der Waals surface area contributed by atoms with Crippen molar-refractivity contribution in [3.05, 3.63) is 90.0 Å². The molecule has 1 atom stereocenters. The molecule has 1 amide bonds. The van der Waals surface area contributed by atoms with Crippen LogP contribution in [-0.2, 0) is 10.0 Å². The molecular weight excluding hydrogens is 388 g/mol. The van der Waals surface area contributed by atoms with Gasteiger partial charge < -0.3 is 10.1 Å². The molecule has 29 heavy (non-hydrogen) atoms. The van der Waals surface area contributed by atoms with Crippen LogP contribution in [0.4, 0.5) is 5.69 Å². The summed E-state index contributed by atoms with van der Waals surface area (Å²) in [5, 5.41) is 2.92. The van der Waals surface area contributed by atoms with Gasteiger partial charge in [-0.3, -0.25) is 9.52 Å². The summed E-state index contributed by atoms with van der Waals surface area (Å²) in [6, 6.07) is 21.9. The molecule has 0 fully saturated rings. The Morgan fingerprint density at radius 1 is 0.931 bits per heavy atom. The monoisotopic (exact) mass is 410 g/mol. The number of ether oxygens (including phenoxy) is 1. The number of methoxy groups -OCH3 is 1. The predicted molar refractivity (Wildman–Crippen MR) is 113 cm³/mol.